The summed E-state index contributed by atoms with van der Waals surface area (Å²) >= 11 is 3.30. The van der Waals surface area contributed by atoms with Gasteiger partial charge in [-0.3, -0.25) is 0 Å². The van der Waals surface area contributed by atoms with E-state index in [9.17, 15) is 9.50 Å². The van der Waals surface area contributed by atoms with E-state index >= 15 is 0 Å². The first-order valence-corrected chi connectivity index (χ1v) is 7.43. The Morgan fingerprint density at radius 1 is 1.24 bits per heavy atom. The number of aliphatic hydroxyl groups excluding tert-OH is 1. The van der Waals surface area contributed by atoms with E-state index in [-0.39, 0.29) is 12.4 Å². The lowest BCUT2D eigenvalue weighted by Crippen LogP contribution is -2.40. The van der Waals surface area contributed by atoms with Crippen molar-refractivity contribution >= 4 is 15.9 Å². The highest BCUT2D eigenvalue weighted by Gasteiger charge is 2.28. The van der Waals surface area contributed by atoms with Gasteiger partial charge in [0.2, 0.25) is 0 Å². The summed E-state index contributed by atoms with van der Waals surface area (Å²) in [5, 5.41) is 10.3. The summed E-state index contributed by atoms with van der Waals surface area (Å²) in [6.07, 6.45) is -0.825. The van der Waals surface area contributed by atoms with Crippen molar-refractivity contribution in [2.24, 2.45) is 0 Å². The monoisotopic (exact) mass is 352 g/mol. The van der Waals surface area contributed by atoms with Crippen LogP contribution in [-0.2, 0) is 6.42 Å². The number of benzene rings is 2. The summed E-state index contributed by atoms with van der Waals surface area (Å²) < 4.78 is 25.1. The second-order valence-electron chi connectivity index (χ2n) is 4.92. The van der Waals surface area contributed by atoms with E-state index in [2.05, 4.69) is 15.9 Å². The highest BCUT2D eigenvalue weighted by molar-refractivity contribution is 9.10. The minimum atomic E-state index is -0.736. The Hall–Kier alpha value is -1.59. The van der Waals surface area contributed by atoms with Gasteiger partial charge in [-0.05, 0) is 29.8 Å². The van der Waals surface area contributed by atoms with E-state index in [1.807, 2.05) is 24.3 Å². The van der Waals surface area contributed by atoms with E-state index in [1.165, 1.54) is 12.1 Å². The third-order valence-electron chi connectivity index (χ3n) is 3.40. The fraction of sp³-hybridized carbons (Fsp3) is 0.250. The van der Waals surface area contributed by atoms with Gasteiger partial charge in [0.15, 0.2) is 17.6 Å². The Morgan fingerprint density at radius 3 is 2.76 bits per heavy atom. The molecule has 0 spiro atoms. The molecule has 0 aromatic heterocycles. The lowest BCUT2D eigenvalue weighted by molar-refractivity contribution is -0.00948. The average Bonchev–Trinajstić information content (AvgIpc) is 2.49. The Morgan fingerprint density at radius 2 is 2.00 bits per heavy atom. The Balaban J connectivity index is 1.70. The highest BCUT2D eigenvalue weighted by Crippen LogP contribution is 2.32. The molecule has 110 valence electrons. The zero-order valence-electron chi connectivity index (χ0n) is 11.1. The minimum absolute atomic E-state index is 0.289. The number of hydrogen-bond acceptors (Lipinski definition) is 3. The van der Waals surface area contributed by atoms with Crippen LogP contribution in [0.15, 0.2) is 46.9 Å². The second-order valence-corrected chi connectivity index (χ2v) is 5.78. The summed E-state index contributed by atoms with van der Waals surface area (Å²) in [6, 6.07) is 11.8. The summed E-state index contributed by atoms with van der Waals surface area (Å²) in [7, 11) is 0. The standard InChI is InChI=1S/C16H14BrFO3/c17-12-8-11(18)6-5-10(12)7-13(19)16-9-20-14-3-1-2-4-15(14)21-16/h1-6,8,13,16,19H,7,9H2. The molecule has 0 aliphatic carbocycles. The van der Waals surface area contributed by atoms with Gasteiger partial charge in [0.05, 0.1) is 6.10 Å². The molecule has 0 bridgehead atoms. The Kier molecular flexibility index (Phi) is 4.12. The average molecular weight is 353 g/mol. The van der Waals surface area contributed by atoms with Gasteiger partial charge in [-0.1, -0.05) is 34.1 Å². The van der Waals surface area contributed by atoms with Crippen LogP contribution in [0.3, 0.4) is 0 Å². The zero-order valence-corrected chi connectivity index (χ0v) is 12.7. The topological polar surface area (TPSA) is 38.7 Å². The summed E-state index contributed by atoms with van der Waals surface area (Å²) in [5.74, 6) is 1.00. The van der Waals surface area contributed by atoms with Gasteiger partial charge in [-0.25, -0.2) is 4.39 Å². The molecule has 1 aliphatic heterocycles. The van der Waals surface area contributed by atoms with Crippen LogP contribution >= 0.6 is 15.9 Å². The predicted octanol–water partition coefficient (Wildman–Crippen LogP) is 3.33. The number of para-hydroxylation sites is 2. The van der Waals surface area contributed by atoms with Crippen LogP contribution in [0.5, 0.6) is 11.5 Å². The van der Waals surface area contributed by atoms with Gasteiger partial charge in [0, 0.05) is 10.9 Å². The van der Waals surface area contributed by atoms with Crippen LogP contribution in [0, 0.1) is 5.82 Å². The second kappa shape index (κ2) is 6.03. The lowest BCUT2D eigenvalue weighted by atomic mass is 10.0. The summed E-state index contributed by atoms with van der Waals surface area (Å²) in [6.45, 7) is 0.289. The molecule has 1 heterocycles. The quantitative estimate of drug-likeness (QED) is 0.920. The van der Waals surface area contributed by atoms with Crippen molar-refractivity contribution < 1.29 is 19.0 Å². The van der Waals surface area contributed by atoms with Gasteiger partial charge in [-0.2, -0.15) is 0 Å². The smallest absolute Gasteiger partial charge is 0.161 e. The largest absolute Gasteiger partial charge is 0.486 e. The Bertz CT molecular complexity index is 647. The Labute approximate surface area is 130 Å². The summed E-state index contributed by atoms with van der Waals surface area (Å²) in [5.41, 5.74) is 0.825. The van der Waals surface area contributed by atoms with Crippen LogP contribution in [0.25, 0.3) is 0 Å². The number of fused-ring (bicyclic) bond motifs is 1. The lowest BCUT2D eigenvalue weighted by Gasteiger charge is -2.29. The molecule has 2 aromatic rings. The van der Waals surface area contributed by atoms with Gasteiger partial charge in [0.25, 0.3) is 0 Å². The van der Waals surface area contributed by atoms with Gasteiger partial charge in [-0.15, -0.1) is 0 Å². The normalized spacial score (nSPS) is 18.3. The maximum Gasteiger partial charge on any atom is 0.161 e. The van der Waals surface area contributed by atoms with Gasteiger partial charge < -0.3 is 14.6 Å². The molecule has 0 saturated heterocycles. The molecule has 0 radical (unpaired) electrons. The molecule has 21 heavy (non-hydrogen) atoms. The molecule has 1 aliphatic rings. The maximum absolute atomic E-state index is 13.1. The van der Waals surface area contributed by atoms with Crippen molar-refractivity contribution in [1.29, 1.82) is 0 Å². The molecule has 3 rings (SSSR count). The summed E-state index contributed by atoms with van der Waals surface area (Å²) in [4.78, 5) is 0. The molecule has 0 saturated carbocycles. The third-order valence-corrected chi connectivity index (χ3v) is 4.14. The number of rotatable bonds is 3. The van der Waals surface area contributed by atoms with E-state index in [1.54, 1.807) is 6.07 Å². The molecule has 2 atom stereocenters. The van der Waals surface area contributed by atoms with Crippen LogP contribution < -0.4 is 9.47 Å². The first-order valence-electron chi connectivity index (χ1n) is 6.64. The van der Waals surface area contributed by atoms with E-state index in [0.717, 1.165) is 5.56 Å². The molecule has 3 nitrogen and oxygen atoms in total. The van der Waals surface area contributed by atoms with Gasteiger partial charge >= 0.3 is 0 Å². The van der Waals surface area contributed by atoms with Crippen LogP contribution in [0.1, 0.15) is 5.56 Å². The van der Waals surface area contributed by atoms with Crippen molar-refractivity contribution in [3.63, 3.8) is 0 Å². The van der Waals surface area contributed by atoms with Crippen molar-refractivity contribution in [2.45, 2.75) is 18.6 Å². The SMILES string of the molecule is OC(Cc1ccc(F)cc1Br)C1COc2ccccc2O1. The van der Waals surface area contributed by atoms with Crippen molar-refractivity contribution in [2.75, 3.05) is 6.61 Å². The predicted molar refractivity (Wildman–Crippen MR) is 80.2 cm³/mol. The van der Waals surface area contributed by atoms with E-state index in [0.29, 0.717) is 22.4 Å². The molecule has 0 amide bonds. The maximum atomic E-state index is 13.1. The first-order chi connectivity index (χ1) is 10.1. The van der Waals surface area contributed by atoms with Gasteiger partial charge in [0.1, 0.15) is 12.4 Å². The van der Waals surface area contributed by atoms with Crippen molar-refractivity contribution in [3.8, 4) is 11.5 Å². The number of ether oxygens (including phenoxy) is 2. The zero-order chi connectivity index (χ0) is 14.8. The minimum Gasteiger partial charge on any atom is -0.486 e. The first kappa shape index (κ1) is 14.4. The van der Waals surface area contributed by atoms with E-state index < -0.39 is 12.2 Å². The fourth-order valence-corrected chi connectivity index (χ4v) is 2.78. The number of halogens is 2. The van der Waals surface area contributed by atoms with Crippen molar-refractivity contribution in [1.82, 2.24) is 0 Å². The third kappa shape index (κ3) is 3.19. The molecule has 1 N–H and O–H groups in total. The van der Waals surface area contributed by atoms with E-state index in [4.69, 9.17) is 9.47 Å². The van der Waals surface area contributed by atoms with Crippen LogP contribution in [0.2, 0.25) is 0 Å². The fourth-order valence-electron chi connectivity index (χ4n) is 2.27. The molecule has 5 heteroatoms. The van der Waals surface area contributed by atoms with Crippen LogP contribution in [0.4, 0.5) is 4.39 Å². The van der Waals surface area contributed by atoms with Crippen LogP contribution in [-0.4, -0.2) is 23.9 Å². The molecule has 2 unspecified atom stereocenters. The van der Waals surface area contributed by atoms with Crippen molar-refractivity contribution in [3.05, 3.63) is 58.3 Å². The number of aliphatic hydroxyl groups is 1. The molecule has 0 fully saturated rings. The molecular formula is C16H14BrFO3. The molecular weight excluding hydrogens is 339 g/mol. The molecule has 2 aromatic carbocycles. The highest BCUT2D eigenvalue weighted by atomic mass is 79.9. The number of hydrogen-bond donors (Lipinski definition) is 1.